The lowest BCUT2D eigenvalue weighted by Crippen LogP contribution is -2.39. The number of anilines is 1. The van der Waals surface area contributed by atoms with Crippen LogP contribution >= 0.6 is 24.0 Å². The summed E-state index contributed by atoms with van der Waals surface area (Å²) in [6, 6.07) is 7.95. The molecule has 0 atom stereocenters. The Hall–Kier alpha value is -2.35. The van der Waals surface area contributed by atoms with Crippen molar-refractivity contribution >= 4 is 35.8 Å². The van der Waals surface area contributed by atoms with Crippen LogP contribution in [0, 0.1) is 23.1 Å². The first-order chi connectivity index (χ1) is 13.0. The van der Waals surface area contributed by atoms with Gasteiger partial charge in [-0.25, -0.2) is 9.07 Å². The van der Waals surface area contributed by atoms with Crippen LogP contribution in [0.3, 0.4) is 0 Å². The van der Waals surface area contributed by atoms with Gasteiger partial charge in [0.15, 0.2) is 5.96 Å². The molecule has 7 nitrogen and oxygen atoms in total. The molecule has 0 saturated carbocycles. The molecule has 0 saturated heterocycles. The lowest BCUT2D eigenvalue weighted by Gasteiger charge is -2.13. The summed E-state index contributed by atoms with van der Waals surface area (Å²) < 4.78 is 14.6. The number of nitrogens with zero attached hydrogens (tertiary/aromatic N) is 4. The van der Waals surface area contributed by atoms with E-state index in [1.165, 1.54) is 16.8 Å². The van der Waals surface area contributed by atoms with Crippen molar-refractivity contribution < 1.29 is 4.39 Å². The Morgan fingerprint density at radius 1 is 1.32 bits per heavy atom. The highest BCUT2D eigenvalue weighted by atomic mass is 127. The molecule has 4 N–H and O–H groups in total. The van der Waals surface area contributed by atoms with Crippen molar-refractivity contribution in [1.29, 1.82) is 5.26 Å². The number of aryl methyl sites for hydroxylation is 1. The van der Waals surface area contributed by atoms with Gasteiger partial charge in [-0.2, -0.15) is 10.4 Å². The zero-order chi connectivity index (χ0) is 19.8. The molecule has 0 aliphatic rings. The van der Waals surface area contributed by atoms with Gasteiger partial charge in [0, 0.05) is 20.1 Å². The molecule has 152 valence electrons. The third-order valence-electron chi connectivity index (χ3n) is 3.96. The van der Waals surface area contributed by atoms with E-state index in [0.29, 0.717) is 35.8 Å². The minimum absolute atomic E-state index is 0. The number of rotatable bonds is 7. The quantitative estimate of drug-likeness (QED) is 0.235. The predicted octanol–water partition coefficient (Wildman–Crippen LogP) is 2.84. The highest BCUT2D eigenvalue weighted by Crippen LogP contribution is 2.21. The second-order valence-electron chi connectivity index (χ2n) is 6.58. The molecule has 9 heteroatoms. The Balaban J connectivity index is 0.00000392. The van der Waals surface area contributed by atoms with E-state index >= 15 is 0 Å². The highest BCUT2D eigenvalue weighted by Gasteiger charge is 2.16. The summed E-state index contributed by atoms with van der Waals surface area (Å²) in [4.78, 5) is 4.17. The molecule has 2 rings (SSSR count). The molecule has 2 aromatic rings. The van der Waals surface area contributed by atoms with E-state index in [0.717, 1.165) is 18.9 Å². The van der Waals surface area contributed by atoms with Crippen molar-refractivity contribution in [3.8, 4) is 11.8 Å². The van der Waals surface area contributed by atoms with Gasteiger partial charge in [-0.05, 0) is 43.0 Å². The molecular weight excluding hydrogens is 472 g/mol. The SMILES string of the molecule is CN=C(NCCCc1nn(-c2ccc(F)cc2)c(N)c1C#N)NCC(C)C.I. The average molecular weight is 499 g/mol. The molecule has 1 heterocycles. The summed E-state index contributed by atoms with van der Waals surface area (Å²) in [5.41, 5.74) is 7.68. The van der Waals surface area contributed by atoms with Crippen molar-refractivity contribution in [3.05, 3.63) is 41.3 Å². The maximum Gasteiger partial charge on any atom is 0.190 e. The van der Waals surface area contributed by atoms with Crippen LogP contribution in [-0.4, -0.2) is 35.9 Å². The summed E-state index contributed by atoms with van der Waals surface area (Å²) in [6.45, 7) is 5.79. The number of aromatic nitrogens is 2. The third-order valence-corrected chi connectivity index (χ3v) is 3.96. The number of nitrogens with one attached hydrogen (secondary N) is 2. The first-order valence-corrected chi connectivity index (χ1v) is 8.94. The Kier molecular flexibility index (Phi) is 9.72. The third kappa shape index (κ3) is 6.37. The number of benzene rings is 1. The van der Waals surface area contributed by atoms with Crippen molar-refractivity contribution in [2.75, 3.05) is 25.9 Å². The topological polar surface area (TPSA) is 104 Å². The van der Waals surface area contributed by atoms with E-state index in [-0.39, 0.29) is 35.6 Å². The molecule has 0 bridgehead atoms. The summed E-state index contributed by atoms with van der Waals surface area (Å²) in [7, 11) is 1.73. The lowest BCUT2D eigenvalue weighted by atomic mass is 10.1. The van der Waals surface area contributed by atoms with Crippen LogP contribution in [-0.2, 0) is 6.42 Å². The van der Waals surface area contributed by atoms with Crippen LogP contribution in [0.4, 0.5) is 10.2 Å². The normalized spacial score (nSPS) is 11.1. The van der Waals surface area contributed by atoms with Gasteiger partial charge in [0.1, 0.15) is 23.3 Å². The van der Waals surface area contributed by atoms with E-state index < -0.39 is 0 Å². The molecule has 0 radical (unpaired) electrons. The Morgan fingerprint density at radius 2 is 2.00 bits per heavy atom. The second kappa shape index (κ2) is 11.5. The Bertz CT molecular complexity index is 822. The lowest BCUT2D eigenvalue weighted by molar-refractivity contribution is 0.612. The molecular formula is C19H27FIN7. The molecule has 0 unspecified atom stereocenters. The minimum Gasteiger partial charge on any atom is -0.382 e. The monoisotopic (exact) mass is 499 g/mol. The summed E-state index contributed by atoms with van der Waals surface area (Å²) in [6.07, 6.45) is 1.35. The summed E-state index contributed by atoms with van der Waals surface area (Å²) >= 11 is 0. The molecule has 1 aromatic carbocycles. The first kappa shape index (κ1) is 23.7. The molecule has 0 amide bonds. The maximum absolute atomic E-state index is 13.1. The zero-order valence-electron chi connectivity index (χ0n) is 16.4. The summed E-state index contributed by atoms with van der Waals surface area (Å²) in [5.74, 6) is 1.21. The van der Waals surface area contributed by atoms with Gasteiger partial charge in [-0.3, -0.25) is 4.99 Å². The van der Waals surface area contributed by atoms with Gasteiger partial charge in [-0.15, -0.1) is 24.0 Å². The molecule has 0 aliphatic heterocycles. The van der Waals surface area contributed by atoms with Gasteiger partial charge < -0.3 is 16.4 Å². The number of hydrogen-bond donors (Lipinski definition) is 3. The predicted molar refractivity (Wildman–Crippen MR) is 121 cm³/mol. The number of halogens is 2. The van der Waals surface area contributed by atoms with E-state index in [2.05, 4.69) is 40.6 Å². The maximum atomic E-state index is 13.1. The number of hydrogen-bond acceptors (Lipinski definition) is 4. The van der Waals surface area contributed by atoms with E-state index in [1.807, 2.05) is 0 Å². The van der Waals surface area contributed by atoms with Gasteiger partial charge >= 0.3 is 0 Å². The first-order valence-electron chi connectivity index (χ1n) is 8.94. The Morgan fingerprint density at radius 3 is 2.57 bits per heavy atom. The highest BCUT2D eigenvalue weighted by molar-refractivity contribution is 14.0. The minimum atomic E-state index is -0.337. The van der Waals surface area contributed by atoms with Crippen LogP contribution in [0.1, 0.15) is 31.5 Å². The average Bonchev–Trinajstić information content (AvgIpc) is 2.97. The Labute approximate surface area is 182 Å². The number of nitrogens with two attached hydrogens (primary N) is 1. The van der Waals surface area contributed by atoms with Gasteiger partial charge in [0.25, 0.3) is 0 Å². The molecule has 0 aliphatic carbocycles. The van der Waals surface area contributed by atoms with Gasteiger partial charge in [-0.1, -0.05) is 13.8 Å². The van der Waals surface area contributed by atoms with Gasteiger partial charge in [0.2, 0.25) is 0 Å². The van der Waals surface area contributed by atoms with Gasteiger partial charge in [0.05, 0.1) is 11.4 Å². The largest absolute Gasteiger partial charge is 0.382 e. The van der Waals surface area contributed by atoms with Crippen molar-refractivity contribution in [2.45, 2.75) is 26.7 Å². The van der Waals surface area contributed by atoms with Crippen LogP contribution in [0.5, 0.6) is 0 Å². The molecule has 0 spiro atoms. The molecule has 28 heavy (non-hydrogen) atoms. The fourth-order valence-corrected chi connectivity index (χ4v) is 2.54. The van der Waals surface area contributed by atoms with Crippen LogP contribution < -0.4 is 16.4 Å². The number of aliphatic imine (C=N–C) groups is 1. The van der Waals surface area contributed by atoms with Crippen LogP contribution in [0.25, 0.3) is 5.69 Å². The summed E-state index contributed by atoms with van der Waals surface area (Å²) in [5, 5.41) is 20.4. The van der Waals surface area contributed by atoms with E-state index in [1.54, 1.807) is 19.2 Å². The van der Waals surface area contributed by atoms with Crippen LogP contribution in [0.2, 0.25) is 0 Å². The molecule has 0 fully saturated rings. The van der Waals surface area contributed by atoms with Crippen molar-refractivity contribution in [1.82, 2.24) is 20.4 Å². The number of guanidine groups is 1. The van der Waals surface area contributed by atoms with Crippen molar-refractivity contribution in [3.63, 3.8) is 0 Å². The fraction of sp³-hybridized carbons (Fsp3) is 0.421. The number of nitrogen functional groups attached to an aromatic ring is 1. The van der Waals surface area contributed by atoms with E-state index in [9.17, 15) is 9.65 Å². The smallest absolute Gasteiger partial charge is 0.190 e. The standard InChI is InChI=1S/C19H26FN7.HI/c1-13(2)12-25-19(23-3)24-10-4-5-17-16(11-21)18(22)27(26-17)15-8-6-14(20)7-9-15;/h6-9,13H,4-5,10,12,22H2,1-3H3,(H2,23,24,25);1H. The van der Waals surface area contributed by atoms with E-state index in [4.69, 9.17) is 5.73 Å². The van der Waals surface area contributed by atoms with Crippen molar-refractivity contribution in [2.24, 2.45) is 10.9 Å². The second-order valence-corrected chi connectivity index (χ2v) is 6.58. The zero-order valence-corrected chi connectivity index (χ0v) is 18.7. The fourth-order valence-electron chi connectivity index (χ4n) is 2.54. The van der Waals surface area contributed by atoms with Crippen LogP contribution in [0.15, 0.2) is 29.3 Å². The number of nitriles is 1. The molecule has 1 aromatic heterocycles.